The van der Waals surface area contributed by atoms with Gasteiger partial charge in [0, 0.05) is 26.9 Å². The molecule has 7 N–H and O–H groups in total. The lowest BCUT2D eigenvalue weighted by Gasteiger charge is -2.23. The lowest BCUT2D eigenvalue weighted by molar-refractivity contribution is -0.171. The van der Waals surface area contributed by atoms with Crippen molar-refractivity contribution in [2.75, 3.05) is 0 Å². The second-order valence-electron chi connectivity index (χ2n) is 7.16. The molecule has 0 aliphatic rings. The molecule has 0 aliphatic carbocycles. The fourth-order valence-corrected chi connectivity index (χ4v) is 2.85. The van der Waals surface area contributed by atoms with Crippen molar-refractivity contribution in [3.8, 4) is 5.75 Å². The van der Waals surface area contributed by atoms with E-state index in [1.807, 2.05) is 0 Å². The van der Waals surface area contributed by atoms with E-state index in [0.717, 1.165) is 42.4 Å². The largest absolute Gasteiger partial charge is 0.508 e. The number of rotatable bonds is 12. The third-order valence-electron chi connectivity index (χ3n) is 4.18. The average Bonchev–Trinajstić information content (AvgIpc) is 2.50. The van der Waals surface area contributed by atoms with E-state index in [1.165, 1.54) is 26.7 Å². The summed E-state index contributed by atoms with van der Waals surface area (Å²) in [5.41, 5.74) is 2.47. The first-order valence-electron chi connectivity index (χ1n) is 9.25. The van der Waals surface area contributed by atoms with Crippen LogP contribution in [0.2, 0.25) is 0 Å². The predicted molar refractivity (Wildman–Crippen MR) is 99.9 cm³/mol. The quantitative estimate of drug-likeness (QED) is 0.219. The lowest BCUT2D eigenvalue weighted by atomic mass is 9.94. The van der Waals surface area contributed by atoms with Gasteiger partial charge in [-0.3, -0.25) is 10.6 Å². The van der Waals surface area contributed by atoms with Crippen molar-refractivity contribution in [1.82, 2.24) is 10.6 Å². The molecule has 150 valence electrons. The summed E-state index contributed by atoms with van der Waals surface area (Å²) in [6.45, 7) is 4.96. The normalized spacial score (nSPS) is 12.6. The molecule has 0 spiro atoms. The first-order chi connectivity index (χ1) is 12.0. The van der Waals surface area contributed by atoms with Crippen LogP contribution in [0.15, 0.2) is 12.1 Å². The zero-order chi connectivity index (χ0) is 19.8. The van der Waals surface area contributed by atoms with E-state index in [0.29, 0.717) is 0 Å². The second kappa shape index (κ2) is 10.2. The van der Waals surface area contributed by atoms with Gasteiger partial charge in [-0.05, 0) is 41.7 Å². The van der Waals surface area contributed by atoms with Gasteiger partial charge in [-0.1, -0.05) is 32.6 Å². The fraction of sp³-hybridized carbons (Fsp3) is 0.684. The lowest BCUT2D eigenvalue weighted by Crippen LogP contribution is -2.42. The number of benzene rings is 1. The molecule has 0 bridgehead atoms. The number of nitrogens with one attached hydrogen (secondary N) is 2. The highest BCUT2D eigenvalue weighted by molar-refractivity contribution is 5.42. The van der Waals surface area contributed by atoms with Gasteiger partial charge in [0.05, 0.1) is 0 Å². The highest BCUT2D eigenvalue weighted by Gasteiger charge is 2.19. The van der Waals surface area contributed by atoms with E-state index in [-0.39, 0.29) is 18.8 Å². The molecular weight excluding hydrogens is 336 g/mol. The van der Waals surface area contributed by atoms with Gasteiger partial charge in [0.15, 0.2) is 0 Å². The summed E-state index contributed by atoms with van der Waals surface area (Å²) in [6.07, 6.45) is 6.34. The van der Waals surface area contributed by atoms with Crippen molar-refractivity contribution in [2.24, 2.45) is 0 Å². The Kier molecular flexibility index (Phi) is 8.95. The number of phenols is 1. The summed E-state index contributed by atoms with van der Waals surface area (Å²) in [5.74, 6) is -3.99. The highest BCUT2D eigenvalue weighted by Crippen LogP contribution is 2.25. The fourth-order valence-electron chi connectivity index (χ4n) is 2.85. The van der Waals surface area contributed by atoms with E-state index in [4.69, 9.17) is 0 Å². The number of aliphatic hydroxyl groups is 4. The zero-order valence-electron chi connectivity index (χ0n) is 16.0. The molecule has 0 unspecified atom stereocenters. The van der Waals surface area contributed by atoms with E-state index < -0.39 is 11.8 Å². The van der Waals surface area contributed by atoms with Gasteiger partial charge < -0.3 is 25.5 Å². The van der Waals surface area contributed by atoms with Crippen LogP contribution in [-0.4, -0.2) is 37.4 Å². The SMILES string of the molecule is CCCCCCCc1c(CNC(C)(O)O)cc(O)cc1CNC(C)(O)O. The van der Waals surface area contributed by atoms with E-state index in [1.54, 1.807) is 12.1 Å². The first kappa shape index (κ1) is 22.8. The van der Waals surface area contributed by atoms with E-state index in [2.05, 4.69) is 17.6 Å². The summed E-state index contributed by atoms with van der Waals surface area (Å²) in [6, 6.07) is 3.20. The molecular formula is C19H34N2O5. The zero-order valence-corrected chi connectivity index (χ0v) is 16.0. The van der Waals surface area contributed by atoms with Crippen molar-refractivity contribution < 1.29 is 25.5 Å². The molecule has 1 rings (SSSR count). The Hall–Kier alpha value is -1.22. The van der Waals surface area contributed by atoms with Gasteiger partial charge in [-0.2, -0.15) is 0 Å². The molecule has 7 nitrogen and oxygen atoms in total. The number of hydrogen-bond donors (Lipinski definition) is 7. The standard InChI is InChI=1S/C19H34N2O5/c1-4-5-6-7-8-9-17-14(12-20-18(2,23)24)10-16(22)11-15(17)13-21-19(3,25)26/h10-11,20-26H,4-9,12-13H2,1-3H3. The van der Waals surface area contributed by atoms with Crippen LogP contribution < -0.4 is 10.6 Å². The molecule has 0 heterocycles. The summed E-state index contributed by atoms with van der Waals surface area (Å²) in [4.78, 5) is 0. The Morgan fingerprint density at radius 3 is 1.69 bits per heavy atom. The van der Waals surface area contributed by atoms with Gasteiger partial charge >= 0.3 is 0 Å². The Bertz CT molecular complexity index is 511. The van der Waals surface area contributed by atoms with Crippen LogP contribution in [0.5, 0.6) is 5.75 Å². The molecule has 0 saturated carbocycles. The molecule has 0 radical (unpaired) electrons. The van der Waals surface area contributed by atoms with Gasteiger partial charge in [0.2, 0.25) is 11.8 Å². The van der Waals surface area contributed by atoms with Crippen molar-refractivity contribution in [2.45, 2.75) is 84.2 Å². The molecule has 0 atom stereocenters. The van der Waals surface area contributed by atoms with Gasteiger partial charge in [-0.25, -0.2) is 0 Å². The maximum Gasteiger partial charge on any atom is 0.219 e. The van der Waals surface area contributed by atoms with Gasteiger partial charge in [-0.15, -0.1) is 0 Å². The highest BCUT2D eigenvalue weighted by atomic mass is 16.5. The third-order valence-corrected chi connectivity index (χ3v) is 4.18. The molecule has 1 aromatic rings. The first-order valence-corrected chi connectivity index (χ1v) is 9.25. The summed E-state index contributed by atoms with van der Waals surface area (Å²) < 4.78 is 0. The monoisotopic (exact) mass is 370 g/mol. The molecule has 0 fully saturated rings. The number of aromatic hydroxyl groups is 1. The maximum atomic E-state index is 10.0. The molecule has 1 aromatic carbocycles. The number of hydrogen-bond acceptors (Lipinski definition) is 7. The van der Waals surface area contributed by atoms with Gasteiger partial charge in [0.25, 0.3) is 0 Å². The Labute approximate surface area is 155 Å². The van der Waals surface area contributed by atoms with Crippen LogP contribution >= 0.6 is 0 Å². The smallest absolute Gasteiger partial charge is 0.219 e. The van der Waals surface area contributed by atoms with Crippen LogP contribution in [0.25, 0.3) is 0 Å². The van der Waals surface area contributed by atoms with Crippen molar-refractivity contribution >= 4 is 0 Å². The molecule has 0 aromatic heterocycles. The second-order valence-corrected chi connectivity index (χ2v) is 7.16. The van der Waals surface area contributed by atoms with Crippen LogP contribution in [-0.2, 0) is 19.5 Å². The molecule has 0 aliphatic heterocycles. The van der Waals surface area contributed by atoms with Crippen LogP contribution in [0, 0.1) is 0 Å². The van der Waals surface area contributed by atoms with Crippen molar-refractivity contribution in [3.05, 3.63) is 28.8 Å². The topological polar surface area (TPSA) is 125 Å². The molecule has 0 saturated heterocycles. The number of phenolic OH excluding ortho intramolecular Hbond substituents is 1. The van der Waals surface area contributed by atoms with Crippen molar-refractivity contribution in [1.29, 1.82) is 0 Å². The minimum absolute atomic E-state index is 0.0449. The third kappa shape index (κ3) is 9.47. The molecule has 7 heteroatoms. The van der Waals surface area contributed by atoms with E-state index in [9.17, 15) is 25.5 Å². The average molecular weight is 370 g/mol. The summed E-state index contributed by atoms with van der Waals surface area (Å²) >= 11 is 0. The minimum Gasteiger partial charge on any atom is -0.508 e. The Morgan fingerprint density at radius 2 is 1.27 bits per heavy atom. The predicted octanol–water partition coefficient (Wildman–Crippen LogP) is 1.40. The summed E-state index contributed by atoms with van der Waals surface area (Å²) in [7, 11) is 0. The maximum absolute atomic E-state index is 10.0. The van der Waals surface area contributed by atoms with Crippen LogP contribution in [0.4, 0.5) is 0 Å². The Balaban J connectivity index is 2.98. The van der Waals surface area contributed by atoms with Crippen molar-refractivity contribution in [3.63, 3.8) is 0 Å². The molecule has 26 heavy (non-hydrogen) atoms. The van der Waals surface area contributed by atoms with Crippen LogP contribution in [0.1, 0.15) is 69.6 Å². The number of unbranched alkanes of at least 4 members (excludes halogenated alkanes) is 4. The van der Waals surface area contributed by atoms with E-state index >= 15 is 0 Å². The van der Waals surface area contributed by atoms with Gasteiger partial charge in [0.1, 0.15) is 5.75 Å². The Morgan fingerprint density at radius 1 is 0.808 bits per heavy atom. The molecule has 0 amide bonds. The van der Waals surface area contributed by atoms with Crippen LogP contribution in [0.3, 0.4) is 0 Å². The minimum atomic E-state index is -2.02. The summed E-state index contributed by atoms with van der Waals surface area (Å²) in [5, 5.41) is 53.2.